The Morgan fingerprint density at radius 2 is 1.71 bits per heavy atom. The molecule has 2 rings (SSSR count). The maximum Gasteiger partial charge on any atom is 0.237 e. The van der Waals surface area contributed by atoms with Gasteiger partial charge in [-0.1, -0.05) is 51.1 Å². The van der Waals surface area contributed by atoms with Gasteiger partial charge in [-0.25, -0.2) is 0 Å². The second-order valence-corrected chi connectivity index (χ2v) is 7.31. The average Bonchev–Trinajstić information content (AvgIpc) is 2.47. The lowest BCUT2D eigenvalue weighted by molar-refractivity contribution is -0.125. The van der Waals surface area contributed by atoms with Crippen molar-refractivity contribution in [1.29, 1.82) is 0 Å². The van der Waals surface area contributed by atoms with Gasteiger partial charge in [0.2, 0.25) is 5.91 Å². The van der Waals surface area contributed by atoms with Crippen LogP contribution in [0.25, 0.3) is 0 Å². The van der Waals surface area contributed by atoms with Gasteiger partial charge < -0.3 is 11.1 Å². The summed E-state index contributed by atoms with van der Waals surface area (Å²) in [5, 5.41) is 3.13. The van der Waals surface area contributed by atoms with Gasteiger partial charge in [-0.2, -0.15) is 0 Å². The topological polar surface area (TPSA) is 55.1 Å². The first kappa shape index (κ1) is 16.0. The predicted molar refractivity (Wildman–Crippen MR) is 87.0 cm³/mol. The van der Waals surface area contributed by atoms with E-state index >= 15 is 0 Å². The first-order valence-electron chi connectivity index (χ1n) is 7.99. The van der Waals surface area contributed by atoms with Crippen molar-refractivity contribution >= 4 is 5.91 Å². The van der Waals surface area contributed by atoms with Gasteiger partial charge in [-0.15, -0.1) is 0 Å². The summed E-state index contributed by atoms with van der Waals surface area (Å²) in [6.07, 6.45) is 4.36. The van der Waals surface area contributed by atoms with Crippen LogP contribution < -0.4 is 11.1 Å². The standard InChI is InChI=1S/C18H28N2O/c1-18(2,3)16(19)17(21)20-15-11-9-14(10-12-15)13-7-5-4-6-8-13/h4-8,14-16H,9-12,19H2,1-3H3,(H,20,21). The molecule has 1 amide bonds. The average molecular weight is 288 g/mol. The van der Waals surface area contributed by atoms with Crippen molar-refractivity contribution < 1.29 is 4.79 Å². The molecular formula is C18H28N2O. The van der Waals surface area contributed by atoms with Crippen LogP contribution in [0.4, 0.5) is 0 Å². The number of rotatable bonds is 3. The van der Waals surface area contributed by atoms with Crippen molar-refractivity contribution in [3.05, 3.63) is 35.9 Å². The monoisotopic (exact) mass is 288 g/mol. The molecule has 1 atom stereocenters. The molecule has 0 aliphatic heterocycles. The van der Waals surface area contributed by atoms with Crippen molar-refractivity contribution in [3.63, 3.8) is 0 Å². The minimum absolute atomic E-state index is 0.00865. The van der Waals surface area contributed by atoms with Crippen LogP contribution >= 0.6 is 0 Å². The molecule has 3 heteroatoms. The van der Waals surface area contributed by atoms with Crippen molar-refractivity contribution in [2.24, 2.45) is 11.1 Å². The van der Waals surface area contributed by atoms with E-state index in [0.717, 1.165) is 25.7 Å². The van der Waals surface area contributed by atoms with Crippen molar-refractivity contribution in [2.75, 3.05) is 0 Å². The van der Waals surface area contributed by atoms with Crippen LogP contribution in [-0.2, 0) is 4.79 Å². The van der Waals surface area contributed by atoms with Crippen LogP contribution in [0, 0.1) is 5.41 Å². The summed E-state index contributed by atoms with van der Waals surface area (Å²) in [6.45, 7) is 6.01. The Balaban J connectivity index is 1.83. The molecule has 1 aromatic rings. The third-order valence-corrected chi connectivity index (χ3v) is 4.56. The Morgan fingerprint density at radius 1 is 1.14 bits per heavy atom. The molecule has 116 valence electrons. The number of carbonyl (C=O) groups excluding carboxylic acids is 1. The molecule has 1 aliphatic carbocycles. The summed E-state index contributed by atoms with van der Waals surface area (Å²) in [6, 6.07) is 10.5. The molecule has 1 saturated carbocycles. The Morgan fingerprint density at radius 3 is 2.24 bits per heavy atom. The van der Waals surface area contributed by atoms with Crippen molar-refractivity contribution in [3.8, 4) is 0 Å². The van der Waals surface area contributed by atoms with Gasteiger partial charge in [0.05, 0.1) is 6.04 Å². The highest BCUT2D eigenvalue weighted by molar-refractivity contribution is 5.82. The Labute approximate surface area is 128 Å². The number of benzene rings is 1. The van der Waals surface area contributed by atoms with Gasteiger partial charge in [0.1, 0.15) is 0 Å². The van der Waals surface area contributed by atoms with Gasteiger partial charge in [-0.3, -0.25) is 4.79 Å². The summed E-state index contributed by atoms with van der Waals surface area (Å²) >= 11 is 0. The number of nitrogens with two attached hydrogens (primary N) is 1. The van der Waals surface area contributed by atoms with Crippen LogP contribution in [-0.4, -0.2) is 18.0 Å². The first-order chi connectivity index (χ1) is 9.88. The molecule has 0 spiro atoms. The molecule has 1 aromatic carbocycles. The minimum Gasteiger partial charge on any atom is -0.352 e. The summed E-state index contributed by atoms with van der Waals surface area (Å²) in [5.74, 6) is 0.626. The van der Waals surface area contributed by atoms with E-state index in [2.05, 4.69) is 35.6 Å². The third kappa shape index (κ3) is 4.31. The van der Waals surface area contributed by atoms with Crippen molar-refractivity contribution in [2.45, 2.75) is 64.5 Å². The third-order valence-electron chi connectivity index (χ3n) is 4.56. The summed E-state index contributed by atoms with van der Waals surface area (Å²) in [7, 11) is 0. The minimum atomic E-state index is -0.440. The molecular weight excluding hydrogens is 260 g/mol. The summed E-state index contributed by atoms with van der Waals surface area (Å²) < 4.78 is 0. The maximum atomic E-state index is 12.2. The molecule has 3 N–H and O–H groups in total. The zero-order chi connectivity index (χ0) is 15.5. The lowest BCUT2D eigenvalue weighted by Gasteiger charge is -2.32. The van der Waals surface area contributed by atoms with Crippen LogP contribution in [0.5, 0.6) is 0 Å². The normalized spacial score (nSPS) is 24.4. The number of carbonyl (C=O) groups is 1. The molecule has 0 saturated heterocycles. The zero-order valence-electron chi connectivity index (χ0n) is 13.4. The fourth-order valence-corrected chi connectivity index (χ4v) is 2.98. The van der Waals surface area contributed by atoms with Gasteiger partial charge in [0.15, 0.2) is 0 Å². The number of hydrogen-bond donors (Lipinski definition) is 2. The van der Waals surface area contributed by atoms with E-state index in [4.69, 9.17) is 5.73 Å². The summed E-state index contributed by atoms with van der Waals surface area (Å²) in [4.78, 5) is 12.2. The molecule has 1 fully saturated rings. The highest BCUT2D eigenvalue weighted by Crippen LogP contribution is 2.32. The Kier molecular flexibility index (Phi) is 5.04. The highest BCUT2D eigenvalue weighted by Gasteiger charge is 2.30. The number of amides is 1. The van der Waals surface area contributed by atoms with E-state index in [1.54, 1.807) is 0 Å². The van der Waals surface area contributed by atoms with Crippen LogP contribution in [0.1, 0.15) is 57.9 Å². The molecule has 0 radical (unpaired) electrons. The lowest BCUT2D eigenvalue weighted by Crippen LogP contribution is -2.51. The van der Waals surface area contributed by atoms with E-state index in [9.17, 15) is 4.79 Å². The second kappa shape index (κ2) is 6.61. The highest BCUT2D eigenvalue weighted by atomic mass is 16.2. The predicted octanol–water partition coefficient (Wildman–Crippen LogP) is 3.20. The fourth-order valence-electron chi connectivity index (χ4n) is 2.98. The molecule has 1 unspecified atom stereocenters. The van der Waals surface area contributed by atoms with E-state index in [1.165, 1.54) is 5.56 Å². The summed E-state index contributed by atoms with van der Waals surface area (Å²) in [5.41, 5.74) is 7.25. The SMILES string of the molecule is CC(C)(C)C(N)C(=O)NC1CCC(c2ccccc2)CC1. The largest absolute Gasteiger partial charge is 0.352 e. The molecule has 1 aliphatic rings. The Bertz CT molecular complexity index is 456. The van der Waals surface area contributed by atoms with E-state index in [0.29, 0.717) is 5.92 Å². The quantitative estimate of drug-likeness (QED) is 0.897. The molecule has 21 heavy (non-hydrogen) atoms. The fraction of sp³-hybridized carbons (Fsp3) is 0.611. The molecule has 0 heterocycles. The van der Waals surface area contributed by atoms with Gasteiger partial charge >= 0.3 is 0 Å². The van der Waals surface area contributed by atoms with Crippen LogP contribution in [0.2, 0.25) is 0 Å². The van der Waals surface area contributed by atoms with Crippen molar-refractivity contribution in [1.82, 2.24) is 5.32 Å². The molecule has 0 aromatic heterocycles. The van der Waals surface area contributed by atoms with Crippen LogP contribution in [0.15, 0.2) is 30.3 Å². The number of nitrogens with one attached hydrogen (secondary N) is 1. The van der Waals surface area contributed by atoms with E-state index in [1.807, 2.05) is 20.8 Å². The van der Waals surface area contributed by atoms with Crippen LogP contribution in [0.3, 0.4) is 0 Å². The number of hydrogen-bond acceptors (Lipinski definition) is 2. The van der Waals surface area contributed by atoms with Gasteiger partial charge in [-0.05, 0) is 42.6 Å². The first-order valence-corrected chi connectivity index (χ1v) is 7.99. The Hall–Kier alpha value is -1.35. The van der Waals surface area contributed by atoms with E-state index in [-0.39, 0.29) is 17.4 Å². The molecule has 3 nitrogen and oxygen atoms in total. The lowest BCUT2D eigenvalue weighted by atomic mass is 9.81. The van der Waals surface area contributed by atoms with E-state index < -0.39 is 6.04 Å². The zero-order valence-corrected chi connectivity index (χ0v) is 13.4. The smallest absolute Gasteiger partial charge is 0.237 e. The molecule has 0 bridgehead atoms. The maximum absolute atomic E-state index is 12.2. The van der Waals surface area contributed by atoms with Gasteiger partial charge in [0, 0.05) is 6.04 Å². The second-order valence-electron chi connectivity index (χ2n) is 7.31. The van der Waals surface area contributed by atoms with Gasteiger partial charge in [0.25, 0.3) is 0 Å².